The second-order valence-corrected chi connectivity index (χ2v) is 8.85. The number of carbonyl (C=O) groups is 1. The number of nitrogens with zero attached hydrogens (tertiary/aromatic N) is 4. The van der Waals surface area contributed by atoms with Crippen LogP contribution >= 0.6 is 0 Å². The van der Waals surface area contributed by atoms with Gasteiger partial charge in [-0.2, -0.15) is 0 Å². The van der Waals surface area contributed by atoms with Gasteiger partial charge in [0.15, 0.2) is 0 Å². The molecule has 2 aliphatic heterocycles. The van der Waals surface area contributed by atoms with E-state index in [1.54, 1.807) is 6.07 Å². The van der Waals surface area contributed by atoms with Crippen molar-refractivity contribution in [2.24, 2.45) is 0 Å². The molecule has 1 N–H and O–H groups in total. The minimum absolute atomic E-state index is 0.182. The third-order valence-electron chi connectivity index (χ3n) is 6.96. The number of aromatic nitrogens is 1. The summed E-state index contributed by atoms with van der Waals surface area (Å²) >= 11 is 0. The fourth-order valence-corrected chi connectivity index (χ4v) is 4.84. The second-order valence-electron chi connectivity index (χ2n) is 8.85. The molecule has 5 rings (SSSR count). The summed E-state index contributed by atoms with van der Waals surface area (Å²) in [5, 5.41) is 9.44. The maximum atomic E-state index is 12.8. The zero-order chi connectivity index (χ0) is 20.5. The molecule has 1 aromatic heterocycles. The van der Waals surface area contributed by atoms with E-state index < -0.39 is 0 Å². The first-order chi connectivity index (χ1) is 14.7. The van der Waals surface area contributed by atoms with Crippen LogP contribution in [0.3, 0.4) is 0 Å². The maximum Gasteiger partial charge on any atom is 0.236 e. The van der Waals surface area contributed by atoms with Crippen molar-refractivity contribution in [3.05, 3.63) is 47.7 Å². The van der Waals surface area contributed by atoms with Gasteiger partial charge in [-0.15, -0.1) is 0 Å². The number of fused-ring (bicyclic) bond motifs is 1. The Labute approximate surface area is 178 Å². The lowest BCUT2D eigenvalue weighted by atomic mass is 9.91. The molecule has 6 heteroatoms. The second kappa shape index (κ2) is 8.36. The number of piperazine rings is 1. The largest absolute Gasteiger partial charge is 0.506 e. The lowest BCUT2D eigenvalue weighted by molar-refractivity contribution is -0.135. The molecule has 0 unspecified atom stereocenters. The Hall–Kier alpha value is -2.44. The van der Waals surface area contributed by atoms with Gasteiger partial charge in [0, 0.05) is 50.9 Å². The molecule has 1 saturated heterocycles. The van der Waals surface area contributed by atoms with Crippen LogP contribution in [0.1, 0.15) is 30.4 Å². The first-order valence-corrected chi connectivity index (χ1v) is 11.2. The fourth-order valence-electron chi connectivity index (χ4n) is 4.84. The van der Waals surface area contributed by atoms with Crippen LogP contribution in [0, 0.1) is 0 Å². The van der Waals surface area contributed by atoms with Crippen molar-refractivity contribution in [1.82, 2.24) is 19.7 Å². The molecule has 0 radical (unpaired) electrons. The molecule has 0 bridgehead atoms. The predicted octanol–water partition coefficient (Wildman–Crippen LogP) is 2.51. The smallest absolute Gasteiger partial charge is 0.236 e. The highest BCUT2D eigenvalue weighted by molar-refractivity contribution is 5.78. The van der Waals surface area contributed by atoms with E-state index >= 15 is 0 Å². The van der Waals surface area contributed by atoms with Crippen LogP contribution in [0.5, 0.6) is 5.75 Å². The van der Waals surface area contributed by atoms with Gasteiger partial charge in [-0.05, 0) is 48.6 Å². The highest BCUT2D eigenvalue weighted by atomic mass is 16.3. The third kappa shape index (κ3) is 4.07. The molecule has 6 nitrogen and oxygen atoms in total. The molecule has 0 spiro atoms. The summed E-state index contributed by atoms with van der Waals surface area (Å²) in [6.45, 7) is 6.08. The average Bonchev–Trinajstić information content (AvgIpc) is 2.73. The van der Waals surface area contributed by atoms with Gasteiger partial charge in [-0.25, -0.2) is 0 Å². The van der Waals surface area contributed by atoms with Gasteiger partial charge in [-0.3, -0.25) is 19.6 Å². The summed E-state index contributed by atoms with van der Waals surface area (Å²) < 4.78 is 0. The Morgan fingerprint density at radius 3 is 2.57 bits per heavy atom. The van der Waals surface area contributed by atoms with E-state index in [-0.39, 0.29) is 11.7 Å². The summed E-state index contributed by atoms with van der Waals surface area (Å²) in [6.07, 6.45) is 6.47. The van der Waals surface area contributed by atoms with Crippen molar-refractivity contribution >= 4 is 5.91 Å². The molecule has 1 aromatic carbocycles. The Morgan fingerprint density at radius 1 is 1.03 bits per heavy atom. The van der Waals surface area contributed by atoms with Gasteiger partial charge in [0.05, 0.1) is 18.4 Å². The topological polar surface area (TPSA) is 59.9 Å². The number of hydrogen-bond acceptors (Lipinski definition) is 5. The number of amides is 1. The Kier molecular flexibility index (Phi) is 5.44. The summed E-state index contributed by atoms with van der Waals surface area (Å²) in [5.74, 6) is 0.457. The molecule has 2 fully saturated rings. The van der Waals surface area contributed by atoms with Crippen LogP contribution in [0.2, 0.25) is 0 Å². The number of pyridine rings is 1. The predicted molar refractivity (Wildman–Crippen MR) is 116 cm³/mol. The number of benzene rings is 1. The van der Waals surface area contributed by atoms with E-state index in [1.165, 1.54) is 36.6 Å². The average molecular weight is 407 g/mol. The standard InChI is InChI=1S/C24H30N4O2/c29-22-6-7-23(25-15-22)19-4-5-20-16-26(9-8-18(20)14-19)17-24(30)28-12-10-27(11-13-28)21-2-1-3-21/h4-7,14-15,21,29H,1-3,8-13,16-17H2. The van der Waals surface area contributed by atoms with Crippen molar-refractivity contribution in [3.8, 4) is 17.0 Å². The quantitative estimate of drug-likeness (QED) is 0.846. The minimum atomic E-state index is 0.182. The number of rotatable bonds is 4. The van der Waals surface area contributed by atoms with Crippen LogP contribution in [-0.4, -0.2) is 76.0 Å². The summed E-state index contributed by atoms with van der Waals surface area (Å²) in [4.78, 5) is 24.1. The van der Waals surface area contributed by atoms with Crippen LogP contribution in [0.15, 0.2) is 36.5 Å². The lowest BCUT2D eigenvalue weighted by Crippen LogP contribution is -2.55. The number of carbonyl (C=O) groups excluding carboxylic acids is 1. The zero-order valence-electron chi connectivity index (χ0n) is 17.5. The van der Waals surface area contributed by atoms with E-state index in [1.807, 2.05) is 6.07 Å². The van der Waals surface area contributed by atoms with Gasteiger partial charge in [0.1, 0.15) is 5.75 Å². The van der Waals surface area contributed by atoms with Gasteiger partial charge in [-0.1, -0.05) is 18.6 Å². The first kappa shape index (κ1) is 19.5. The monoisotopic (exact) mass is 406 g/mol. The van der Waals surface area contributed by atoms with Crippen LogP contribution in [-0.2, 0) is 17.8 Å². The summed E-state index contributed by atoms with van der Waals surface area (Å²) in [7, 11) is 0. The van der Waals surface area contributed by atoms with Crippen molar-refractivity contribution in [2.75, 3.05) is 39.3 Å². The van der Waals surface area contributed by atoms with Crippen molar-refractivity contribution in [3.63, 3.8) is 0 Å². The number of aromatic hydroxyl groups is 1. The van der Waals surface area contributed by atoms with E-state index in [2.05, 4.69) is 37.9 Å². The van der Waals surface area contributed by atoms with Crippen molar-refractivity contribution in [2.45, 2.75) is 38.3 Å². The minimum Gasteiger partial charge on any atom is -0.506 e. The van der Waals surface area contributed by atoms with E-state index in [0.29, 0.717) is 6.54 Å². The van der Waals surface area contributed by atoms with E-state index in [0.717, 1.165) is 63.0 Å². The van der Waals surface area contributed by atoms with Gasteiger partial charge in [0.25, 0.3) is 0 Å². The zero-order valence-corrected chi connectivity index (χ0v) is 17.5. The maximum absolute atomic E-state index is 12.8. The third-order valence-corrected chi connectivity index (χ3v) is 6.96. The van der Waals surface area contributed by atoms with E-state index in [4.69, 9.17) is 0 Å². The summed E-state index contributed by atoms with van der Waals surface area (Å²) in [5.41, 5.74) is 4.57. The van der Waals surface area contributed by atoms with Crippen LogP contribution in [0.4, 0.5) is 0 Å². The molecule has 1 amide bonds. The Morgan fingerprint density at radius 2 is 1.87 bits per heavy atom. The molecule has 1 aliphatic carbocycles. The highest BCUT2D eigenvalue weighted by Crippen LogP contribution is 2.27. The first-order valence-electron chi connectivity index (χ1n) is 11.2. The van der Waals surface area contributed by atoms with Crippen LogP contribution in [0.25, 0.3) is 11.3 Å². The molecule has 0 atom stereocenters. The molecule has 1 saturated carbocycles. The van der Waals surface area contributed by atoms with Crippen LogP contribution < -0.4 is 0 Å². The lowest BCUT2D eigenvalue weighted by Gasteiger charge is -2.43. The fraction of sp³-hybridized carbons (Fsp3) is 0.500. The Balaban J connectivity index is 1.17. The van der Waals surface area contributed by atoms with Gasteiger partial charge in [0.2, 0.25) is 5.91 Å². The molecule has 3 heterocycles. The summed E-state index contributed by atoms with van der Waals surface area (Å²) in [6, 6.07) is 10.7. The highest BCUT2D eigenvalue weighted by Gasteiger charge is 2.30. The molecule has 30 heavy (non-hydrogen) atoms. The molecule has 2 aromatic rings. The molecule has 3 aliphatic rings. The van der Waals surface area contributed by atoms with Crippen molar-refractivity contribution < 1.29 is 9.90 Å². The van der Waals surface area contributed by atoms with Gasteiger partial charge >= 0.3 is 0 Å². The Bertz CT molecular complexity index is 902. The SMILES string of the molecule is O=C(CN1CCc2cc(-c3ccc(O)cn3)ccc2C1)N1CCN(C2CCC2)CC1. The number of hydrogen-bond donors (Lipinski definition) is 1. The van der Waals surface area contributed by atoms with Crippen molar-refractivity contribution in [1.29, 1.82) is 0 Å². The molecular weight excluding hydrogens is 376 g/mol. The van der Waals surface area contributed by atoms with E-state index in [9.17, 15) is 9.90 Å². The molecular formula is C24H30N4O2. The normalized spacial score (nSPS) is 20.6. The molecule has 158 valence electrons. The van der Waals surface area contributed by atoms with Gasteiger partial charge < -0.3 is 10.0 Å².